The Balaban J connectivity index is 0.000000157. The molecule has 4 amide bonds. The number of aromatic amines is 2. The Morgan fingerprint density at radius 3 is 1.19 bits per heavy atom. The molecule has 0 saturated carbocycles. The molecule has 0 unspecified atom stereocenters. The van der Waals surface area contributed by atoms with Gasteiger partial charge in [-0.1, -0.05) is 169 Å². The second kappa shape index (κ2) is 38.9. The van der Waals surface area contributed by atoms with Gasteiger partial charge in [-0.05, 0) is 177 Å². The minimum Gasteiger partial charge on any atom is -0.494 e. The van der Waals surface area contributed by atoms with Crippen LogP contribution in [-0.4, -0.2) is 127 Å². The number of rotatable bonds is 28. The van der Waals surface area contributed by atoms with Crippen molar-refractivity contribution in [2.75, 3.05) is 45.2 Å². The molecule has 0 fully saturated rings. The molecule has 0 bridgehead atoms. The summed E-state index contributed by atoms with van der Waals surface area (Å²) >= 11 is 12.2. The van der Waals surface area contributed by atoms with Crippen molar-refractivity contribution in [3.63, 3.8) is 0 Å². The Hall–Kier alpha value is -11.9. The fourth-order valence-electron chi connectivity index (χ4n) is 13.5. The van der Waals surface area contributed by atoms with E-state index in [1.54, 1.807) is 36.4 Å². The second-order valence-electron chi connectivity index (χ2n) is 28.1. The minimum absolute atomic E-state index is 0.186. The molecule has 0 aliphatic heterocycles. The maximum Gasteiger partial charge on any atom is 0.516 e. The summed E-state index contributed by atoms with van der Waals surface area (Å²) in [5.41, 5.74) is 2.50. The van der Waals surface area contributed by atoms with Crippen LogP contribution in [0.15, 0.2) is 224 Å². The van der Waals surface area contributed by atoms with Gasteiger partial charge in [-0.15, -0.1) is 0 Å². The number of halogens is 5. The lowest BCUT2D eigenvalue weighted by Gasteiger charge is -2.13. The van der Waals surface area contributed by atoms with Gasteiger partial charge in [0.15, 0.2) is 0 Å². The number of fused-ring (bicyclic) bond motifs is 6. The zero-order valence-corrected chi connectivity index (χ0v) is 70.6. The number of alkyl halides is 3. The molecule has 0 aliphatic rings. The number of aryl methyl sites for hydroxylation is 7. The normalized spacial score (nSPS) is 11.8. The molecule has 0 radical (unpaired) electrons. The number of carbonyl (C=O) groups excluding carboxylic acids is 4. The third-order valence-corrected chi connectivity index (χ3v) is 22.6. The zero-order chi connectivity index (χ0) is 86.3. The van der Waals surface area contributed by atoms with Gasteiger partial charge in [0, 0.05) is 77.5 Å². The average molecular weight is 1750 g/mol. The lowest BCUT2D eigenvalue weighted by molar-refractivity contribution is -0.0446. The molecule has 24 nitrogen and oxygen atoms in total. The van der Waals surface area contributed by atoms with E-state index in [0.717, 1.165) is 128 Å². The van der Waals surface area contributed by atoms with E-state index in [1.165, 1.54) is 10.6 Å². The van der Waals surface area contributed by atoms with Crippen molar-refractivity contribution < 1.29 is 85.0 Å². The Kier molecular flexibility index (Phi) is 28.8. The van der Waals surface area contributed by atoms with Crippen LogP contribution in [0.4, 0.5) is 13.2 Å². The number of carbonyl (C=O) groups is 4. The Labute approximate surface area is 701 Å². The summed E-state index contributed by atoms with van der Waals surface area (Å²) in [6.45, 7) is 8.16. The van der Waals surface area contributed by atoms with Crippen LogP contribution in [0.5, 0.6) is 23.0 Å². The van der Waals surface area contributed by atoms with Crippen molar-refractivity contribution in [2.24, 2.45) is 0 Å². The van der Waals surface area contributed by atoms with Crippen LogP contribution in [0.3, 0.4) is 0 Å². The van der Waals surface area contributed by atoms with Crippen LogP contribution < -0.4 is 37.8 Å². The van der Waals surface area contributed by atoms with Gasteiger partial charge in [0.2, 0.25) is 30.1 Å². The number of H-pyrrole nitrogens is 2. The molecule has 628 valence electrons. The topological polar surface area (TPSA) is 331 Å². The summed E-state index contributed by atoms with van der Waals surface area (Å²) in [5, 5.41) is 8.83. The third kappa shape index (κ3) is 23.4. The van der Waals surface area contributed by atoms with Gasteiger partial charge in [-0.2, -0.15) is 21.6 Å². The second-order valence-corrected chi connectivity index (χ2v) is 35.8. The van der Waals surface area contributed by atoms with Crippen molar-refractivity contribution in [3.8, 4) is 23.0 Å². The van der Waals surface area contributed by atoms with Crippen molar-refractivity contribution in [1.29, 1.82) is 0 Å². The highest BCUT2D eigenvalue weighted by atomic mass is 35.5. The standard InChI is InChI=1S/C23H19F3N2O4S.C23H22N2O4S.C21H23ClN2O4S.C20H21ClN2O4S/c24-23(25,26)33(30,31)27-22(29)20-15-17-8-2-4-11-19(17)28(20)13-6-14-32-21-12-5-9-16-7-1-3-10-18(16)21;1-30(27,28)25-23(26)22-19(18-11-4-5-13-20(18)24-22)12-7-15-29-21-14-6-9-16-8-2-3-10-17(16)21;1-14-11-17(12-15(2)20(14)22)28-10-6-9-24-18-8-5-4-7-16(18)13-19(24)21(25)23-29(3,26)27;1-13-12-14(9-10-17(13)21)27-11-5-7-16-15-6-3-4-8-18(15)22-19(16)20(24)23-28(2,25)26/h1-5,7-12,15H,6,13-14H2,(H,27,29);2-6,8-11,13-14,24H,7,12,15H2,1H3,(H,25,26);4-5,7-8,11-13H,6,9-10H2,1-3H3,(H,23,25);3-4,6,8-10,12,22H,5,7,11H2,1-2H3,(H,23,24). The molecule has 4 heterocycles. The lowest BCUT2D eigenvalue weighted by Crippen LogP contribution is -2.40. The maximum absolute atomic E-state index is 12.7. The Morgan fingerprint density at radius 1 is 0.392 bits per heavy atom. The number of aromatic nitrogens is 4. The highest BCUT2D eigenvalue weighted by Gasteiger charge is 2.47. The van der Waals surface area contributed by atoms with Crippen LogP contribution in [0.2, 0.25) is 10.0 Å². The van der Waals surface area contributed by atoms with Gasteiger partial charge in [-0.25, -0.2) is 44.1 Å². The molecule has 10 aromatic carbocycles. The first-order chi connectivity index (χ1) is 57.0. The smallest absolute Gasteiger partial charge is 0.494 e. The van der Waals surface area contributed by atoms with Crippen molar-refractivity contribution >= 4 is 152 Å². The Bertz CT molecular complexity index is 6600. The fraction of sp³-hybridized carbons (Fsp3) is 0.218. The summed E-state index contributed by atoms with van der Waals surface area (Å²) < 4.78 is 164. The third-order valence-electron chi connectivity index (χ3n) is 18.8. The number of hydrogen-bond donors (Lipinski definition) is 6. The quantitative estimate of drug-likeness (QED) is 0.0248. The summed E-state index contributed by atoms with van der Waals surface area (Å²) in [7, 11) is -16.8. The van der Waals surface area contributed by atoms with Gasteiger partial charge >= 0.3 is 15.5 Å². The van der Waals surface area contributed by atoms with Gasteiger partial charge < -0.3 is 38.0 Å². The van der Waals surface area contributed by atoms with Crippen molar-refractivity contribution in [1.82, 2.24) is 38.0 Å². The van der Waals surface area contributed by atoms with Crippen LogP contribution in [-0.2, 0) is 66.0 Å². The van der Waals surface area contributed by atoms with Crippen LogP contribution >= 0.6 is 23.2 Å². The van der Waals surface area contributed by atoms with Crippen LogP contribution in [0.25, 0.3) is 65.2 Å². The van der Waals surface area contributed by atoms with E-state index in [0.29, 0.717) is 92.3 Å². The molecule has 0 spiro atoms. The predicted octanol–water partition coefficient (Wildman–Crippen LogP) is 16.8. The number of nitrogens with one attached hydrogen (secondary N) is 6. The molecule has 0 atom stereocenters. The van der Waals surface area contributed by atoms with Gasteiger partial charge in [-0.3, -0.25) is 19.2 Å². The molecule has 14 aromatic rings. The van der Waals surface area contributed by atoms with Crippen molar-refractivity contribution in [2.45, 2.75) is 77.9 Å². The summed E-state index contributed by atoms with van der Waals surface area (Å²) in [6, 6.07) is 69.1. The number of ether oxygens (including phenoxy) is 4. The number of benzene rings is 10. The van der Waals surface area contributed by atoms with Crippen LogP contribution in [0, 0.1) is 20.8 Å². The molecular weight excluding hydrogens is 1670 g/mol. The number of hydrogen-bond acceptors (Lipinski definition) is 16. The fourth-order valence-corrected chi connectivity index (χ4v) is 15.5. The van der Waals surface area contributed by atoms with Gasteiger partial charge in [0.25, 0.3) is 23.6 Å². The van der Waals surface area contributed by atoms with E-state index in [4.69, 9.17) is 42.1 Å². The predicted molar refractivity (Wildman–Crippen MR) is 463 cm³/mol. The molecule has 0 aliphatic carbocycles. The maximum atomic E-state index is 12.7. The van der Waals surface area contributed by atoms with E-state index in [1.807, 2.05) is 221 Å². The summed E-state index contributed by atoms with van der Waals surface area (Å²) in [4.78, 5) is 55.9. The first kappa shape index (κ1) is 88.9. The van der Waals surface area contributed by atoms with Crippen LogP contribution in [0.1, 0.15) is 95.5 Å². The van der Waals surface area contributed by atoms with Gasteiger partial charge in [0.05, 0.1) is 45.2 Å². The lowest BCUT2D eigenvalue weighted by atomic mass is 10.1. The molecule has 0 saturated heterocycles. The number of para-hydroxylation sites is 4. The first-order valence-corrected chi connectivity index (χ1v) is 45.5. The summed E-state index contributed by atoms with van der Waals surface area (Å²) in [5.74, 6) is -0.317. The van der Waals surface area contributed by atoms with Crippen molar-refractivity contribution in [3.05, 3.63) is 285 Å². The molecule has 120 heavy (non-hydrogen) atoms. The molecular formula is C87H85Cl2F3N8O16S4. The number of sulfonamides is 4. The minimum atomic E-state index is -5.82. The van der Waals surface area contributed by atoms with Gasteiger partial charge in [0.1, 0.15) is 45.8 Å². The van der Waals surface area contributed by atoms with E-state index in [-0.39, 0.29) is 30.2 Å². The molecule has 4 aromatic heterocycles. The van der Waals surface area contributed by atoms with E-state index >= 15 is 0 Å². The molecule has 6 N–H and O–H groups in total. The van der Waals surface area contributed by atoms with E-state index in [2.05, 4.69) is 9.97 Å². The first-order valence-electron chi connectivity index (χ1n) is 37.5. The molecule has 33 heteroatoms. The van der Waals surface area contributed by atoms with E-state index < -0.39 is 69.2 Å². The Morgan fingerprint density at radius 2 is 0.750 bits per heavy atom. The highest BCUT2D eigenvalue weighted by molar-refractivity contribution is 7.91. The zero-order valence-electron chi connectivity index (χ0n) is 65.8. The highest BCUT2D eigenvalue weighted by Crippen LogP contribution is 2.33. The monoisotopic (exact) mass is 1750 g/mol. The largest absolute Gasteiger partial charge is 0.516 e. The average Bonchev–Trinajstić information content (AvgIpc) is 1.65. The molecule has 14 rings (SSSR count). The number of amides is 4. The number of nitrogens with zero attached hydrogens (tertiary/aromatic N) is 2. The van der Waals surface area contributed by atoms with E-state index in [9.17, 15) is 66.0 Å². The summed E-state index contributed by atoms with van der Waals surface area (Å²) in [6.07, 6.45) is 6.40. The SMILES string of the molecule is CS(=O)(=O)NC(=O)c1[nH]c2ccccc2c1CCCOc1cccc2ccccc12.Cc1cc(OCCCc2c(C(=O)NS(C)(=O)=O)[nH]c3ccccc23)ccc1Cl.Cc1cc(OCCCn2c(C(=O)NS(C)(=O)=O)cc3ccccc32)cc(C)c1Cl.O=C(NS(=O)(=O)C(F)(F)F)c1cc2ccccc2n1CCCOc1cccc2ccccc12.